The highest BCUT2D eigenvalue weighted by molar-refractivity contribution is 5.03. The second kappa shape index (κ2) is 7.48. The number of nitriles is 1. The van der Waals surface area contributed by atoms with Crippen LogP contribution in [0.15, 0.2) is 0 Å². The van der Waals surface area contributed by atoms with E-state index in [1.54, 1.807) is 0 Å². The number of hydrogen-bond donors (Lipinski definition) is 0. The van der Waals surface area contributed by atoms with Crippen LogP contribution in [0.4, 0.5) is 0 Å². The highest BCUT2D eigenvalue weighted by atomic mass is 14.5. The highest BCUT2D eigenvalue weighted by Gasteiger charge is 2.39. The summed E-state index contributed by atoms with van der Waals surface area (Å²) in [6.45, 7) is 4.59. The lowest BCUT2D eigenvalue weighted by atomic mass is 9.62. The Bertz CT molecular complexity index is 321. The van der Waals surface area contributed by atoms with Gasteiger partial charge in [-0.2, -0.15) is 5.26 Å². The molecule has 0 spiro atoms. The molecule has 0 aromatic rings. The molecule has 114 valence electrons. The lowest BCUT2D eigenvalue weighted by molar-refractivity contribution is 0.104. The molecule has 0 bridgehead atoms. The standard InChI is InChI=1S/C19H33N/c1-3-5-12-19(15-20)13-6-7-18(14-19)17-10-8-16(4-2)9-11-17/h16-18H,3-14H2,1-2H3/t16-,17-,18?,19?. The monoisotopic (exact) mass is 275 g/mol. The third-order valence-corrected chi connectivity index (χ3v) is 6.26. The predicted octanol–water partition coefficient (Wildman–Crippen LogP) is 6.09. The van der Waals surface area contributed by atoms with Crippen LogP contribution >= 0.6 is 0 Å². The summed E-state index contributed by atoms with van der Waals surface area (Å²) in [5, 5.41) is 9.71. The molecule has 0 radical (unpaired) electrons. The Morgan fingerprint density at radius 1 is 1.05 bits per heavy atom. The molecule has 1 heteroatoms. The van der Waals surface area contributed by atoms with Crippen molar-refractivity contribution in [2.45, 2.75) is 90.9 Å². The highest BCUT2D eigenvalue weighted by Crippen LogP contribution is 2.48. The Morgan fingerprint density at radius 2 is 1.80 bits per heavy atom. The summed E-state index contributed by atoms with van der Waals surface area (Å²) >= 11 is 0. The van der Waals surface area contributed by atoms with Gasteiger partial charge in [0.05, 0.1) is 11.5 Å². The topological polar surface area (TPSA) is 23.8 Å². The minimum Gasteiger partial charge on any atom is -0.198 e. The van der Waals surface area contributed by atoms with Crippen LogP contribution in [-0.2, 0) is 0 Å². The fraction of sp³-hybridized carbons (Fsp3) is 0.947. The normalized spacial score (nSPS) is 38.4. The molecule has 2 rings (SSSR count). The summed E-state index contributed by atoms with van der Waals surface area (Å²) in [4.78, 5) is 0. The van der Waals surface area contributed by atoms with Gasteiger partial charge in [-0.05, 0) is 49.9 Å². The van der Waals surface area contributed by atoms with Gasteiger partial charge < -0.3 is 0 Å². The van der Waals surface area contributed by atoms with E-state index < -0.39 is 0 Å². The Kier molecular flexibility index (Phi) is 5.94. The summed E-state index contributed by atoms with van der Waals surface area (Å²) in [5.74, 6) is 2.79. The van der Waals surface area contributed by atoms with Gasteiger partial charge in [-0.1, -0.05) is 58.8 Å². The molecule has 2 saturated carbocycles. The molecule has 2 aliphatic carbocycles. The van der Waals surface area contributed by atoms with Gasteiger partial charge >= 0.3 is 0 Å². The minimum atomic E-state index is 0.0422. The van der Waals surface area contributed by atoms with Gasteiger partial charge in [-0.25, -0.2) is 0 Å². The van der Waals surface area contributed by atoms with Gasteiger partial charge in [0.2, 0.25) is 0 Å². The van der Waals surface area contributed by atoms with Gasteiger partial charge in [0.15, 0.2) is 0 Å². The van der Waals surface area contributed by atoms with Crippen LogP contribution < -0.4 is 0 Å². The summed E-state index contributed by atoms with van der Waals surface area (Å²) < 4.78 is 0. The van der Waals surface area contributed by atoms with Crippen molar-refractivity contribution in [1.29, 1.82) is 5.26 Å². The van der Waals surface area contributed by atoms with E-state index in [-0.39, 0.29) is 5.41 Å². The first kappa shape index (κ1) is 15.9. The molecular weight excluding hydrogens is 242 g/mol. The molecular formula is C19H33N. The van der Waals surface area contributed by atoms with Crippen molar-refractivity contribution in [2.75, 3.05) is 0 Å². The zero-order chi connectivity index (χ0) is 14.4. The van der Waals surface area contributed by atoms with Gasteiger partial charge in [0, 0.05) is 0 Å². The van der Waals surface area contributed by atoms with E-state index in [9.17, 15) is 5.26 Å². The third kappa shape index (κ3) is 3.78. The second-order valence-corrected chi connectivity index (χ2v) is 7.54. The number of unbranched alkanes of at least 4 members (excludes halogenated alkanes) is 1. The van der Waals surface area contributed by atoms with Crippen molar-refractivity contribution >= 4 is 0 Å². The molecule has 0 aromatic heterocycles. The van der Waals surface area contributed by atoms with Crippen LogP contribution in [0.1, 0.15) is 90.9 Å². The smallest absolute Gasteiger partial charge is 0.0689 e. The summed E-state index contributed by atoms with van der Waals surface area (Å²) in [6, 6.07) is 2.74. The lowest BCUT2D eigenvalue weighted by Gasteiger charge is -2.41. The van der Waals surface area contributed by atoms with Crippen molar-refractivity contribution in [1.82, 2.24) is 0 Å². The van der Waals surface area contributed by atoms with E-state index in [0.29, 0.717) is 0 Å². The summed E-state index contributed by atoms with van der Waals surface area (Å²) in [7, 11) is 0. The Balaban J connectivity index is 1.91. The molecule has 0 N–H and O–H groups in total. The molecule has 20 heavy (non-hydrogen) atoms. The van der Waals surface area contributed by atoms with E-state index >= 15 is 0 Å². The van der Waals surface area contributed by atoms with Crippen molar-refractivity contribution < 1.29 is 0 Å². The van der Waals surface area contributed by atoms with Gasteiger partial charge in [-0.15, -0.1) is 0 Å². The molecule has 2 fully saturated rings. The van der Waals surface area contributed by atoms with E-state index in [0.717, 1.165) is 24.2 Å². The summed E-state index contributed by atoms with van der Waals surface area (Å²) in [6.07, 6.45) is 15.9. The average molecular weight is 275 g/mol. The number of hydrogen-bond acceptors (Lipinski definition) is 1. The first-order chi connectivity index (χ1) is 9.73. The molecule has 0 saturated heterocycles. The second-order valence-electron chi connectivity index (χ2n) is 7.54. The Hall–Kier alpha value is -0.510. The zero-order valence-corrected chi connectivity index (χ0v) is 13.7. The van der Waals surface area contributed by atoms with Crippen LogP contribution in [0.5, 0.6) is 0 Å². The molecule has 2 unspecified atom stereocenters. The number of rotatable bonds is 5. The minimum absolute atomic E-state index is 0.0422. The first-order valence-corrected chi connectivity index (χ1v) is 9.14. The Labute approximate surface area is 126 Å². The van der Waals surface area contributed by atoms with Crippen molar-refractivity contribution in [2.24, 2.45) is 23.2 Å². The van der Waals surface area contributed by atoms with E-state index in [4.69, 9.17) is 0 Å². The maximum atomic E-state index is 9.71. The molecule has 0 aliphatic heterocycles. The van der Waals surface area contributed by atoms with Crippen molar-refractivity contribution in [3.05, 3.63) is 0 Å². The molecule has 0 amide bonds. The Morgan fingerprint density at radius 3 is 2.40 bits per heavy atom. The fourth-order valence-corrected chi connectivity index (χ4v) is 4.78. The van der Waals surface area contributed by atoms with Crippen molar-refractivity contribution in [3.8, 4) is 6.07 Å². The average Bonchev–Trinajstić information content (AvgIpc) is 2.53. The zero-order valence-electron chi connectivity index (χ0n) is 13.7. The molecule has 2 atom stereocenters. The third-order valence-electron chi connectivity index (χ3n) is 6.26. The predicted molar refractivity (Wildman–Crippen MR) is 85.3 cm³/mol. The van der Waals surface area contributed by atoms with Crippen molar-refractivity contribution in [3.63, 3.8) is 0 Å². The van der Waals surface area contributed by atoms with Crippen LogP contribution in [0.25, 0.3) is 0 Å². The van der Waals surface area contributed by atoms with Gasteiger partial charge in [-0.3, -0.25) is 0 Å². The van der Waals surface area contributed by atoms with Crippen LogP contribution in [0.2, 0.25) is 0 Å². The van der Waals surface area contributed by atoms with Crippen LogP contribution in [0, 0.1) is 34.5 Å². The van der Waals surface area contributed by atoms with E-state index in [1.807, 2.05) is 0 Å². The lowest BCUT2D eigenvalue weighted by Crippen LogP contribution is -2.32. The van der Waals surface area contributed by atoms with Crippen LogP contribution in [-0.4, -0.2) is 0 Å². The maximum absolute atomic E-state index is 9.71. The van der Waals surface area contributed by atoms with Gasteiger partial charge in [0.1, 0.15) is 0 Å². The summed E-state index contributed by atoms with van der Waals surface area (Å²) in [5.41, 5.74) is 0.0422. The molecule has 1 nitrogen and oxygen atoms in total. The molecule has 2 aliphatic rings. The molecule has 0 aromatic carbocycles. The van der Waals surface area contributed by atoms with E-state index in [1.165, 1.54) is 70.6 Å². The van der Waals surface area contributed by atoms with E-state index in [2.05, 4.69) is 19.9 Å². The first-order valence-electron chi connectivity index (χ1n) is 9.14. The maximum Gasteiger partial charge on any atom is 0.0689 e. The fourth-order valence-electron chi connectivity index (χ4n) is 4.78. The van der Waals surface area contributed by atoms with Crippen LogP contribution in [0.3, 0.4) is 0 Å². The van der Waals surface area contributed by atoms with Gasteiger partial charge in [0.25, 0.3) is 0 Å². The number of nitrogens with zero attached hydrogens (tertiary/aromatic N) is 1. The largest absolute Gasteiger partial charge is 0.198 e. The molecule has 0 heterocycles. The SMILES string of the molecule is CCCCC1(C#N)CCCC([C@H]2CC[C@H](CC)CC2)C1. The quantitative estimate of drug-likeness (QED) is 0.595.